The number of anilines is 1. The van der Waals surface area contributed by atoms with Crippen LogP contribution in [0.5, 0.6) is 0 Å². The van der Waals surface area contributed by atoms with Crippen LogP contribution in [0.25, 0.3) is 0 Å². The summed E-state index contributed by atoms with van der Waals surface area (Å²) in [5.41, 5.74) is 1.55. The van der Waals surface area contributed by atoms with Gasteiger partial charge in [-0.2, -0.15) is 0 Å². The van der Waals surface area contributed by atoms with Gasteiger partial charge in [0.2, 0.25) is 0 Å². The largest absolute Gasteiger partial charge is 0.467 e. The smallest absolute Gasteiger partial charge is 0.328 e. The van der Waals surface area contributed by atoms with Crippen LogP contribution >= 0.6 is 0 Å². The minimum atomic E-state index is -0.453. The fourth-order valence-electron chi connectivity index (χ4n) is 1.75. The highest BCUT2D eigenvalue weighted by atomic mass is 16.6. The number of benzene rings is 1. The maximum absolute atomic E-state index is 11.3. The van der Waals surface area contributed by atoms with Gasteiger partial charge in [0, 0.05) is 24.2 Å². The molecule has 1 aromatic carbocycles. The number of nitrogens with one attached hydrogen (secondary N) is 1. The first-order chi connectivity index (χ1) is 7.61. The van der Waals surface area contributed by atoms with Crippen molar-refractivity contribution in [3.05, 3.63) is 33.9 Å². The molecule has 0 aromatic heterocycles. The van der Waals surface area contributed by atoms with E-state index in [1.165, 1.54) is 19.2 Å². The van der Waals surface area contributed by atoms with Crippen LogP contribution in [-0.2, 0) is 16.0 Å². The number of nitro groups is 1. The second-order valence-electron chi connectivity index (χ2n) is 3.52. The highest BCUT2D eigenvalue weighted by Gasteiger charge is 2.28. The van der Waals surface area contributed by atoms with Crippen molar-refractivity contribution < 1.29 is 14.5 Å². The minimum Gasteiger partial charge on any atom is -0.467 e. The lowest BCUT2D eigenvalue weighted by Gasteiger charge is -2.07. The van der Waals surface area contributed by atoms with Gasteiger partial charge in [-0.05, 0) is 11.6 Å². The highest BCUT2D eigenvalue weighted by molar-refractivity contribution is 5.83. The number of ether oxygens (including phenoxy) is 1. The number of hydrogen-bond donors (Lipinski definition) is 1. The van der Waals surface area contributed by atoms with Gasteiger partial charge in [-0.15, -0.1) is 0 Å². The van der Waals surface area contributed by atoms with Crippen LogP contribution in [0.2, 0.25) is 0 Å². The number of non-ortho nitro benzene ring substituents is 1. The van der Waals surface area contributed by atoms with Gasteiger partial charge in [0.25, 0.3) is 5.69 Å². The fraction of sp³-hybridized carbons (Fsp3) is 0.300. The van der Waals surface area contributed by atoms with Gasteiger partial charge in [-0.1, -0.05) is 0 Å². The SMILES string of the molecule is COC(=O)C1Cc2cc([N+](=O)[O-])ccc2N1. The summed E-state index contributed by atoms with van der Waals surface area (Å²) in [6.45, 7) is 0. The number of nitrogens with zero attached hydrogens (tertiary/aromatic N) is 1. The Hall–Kier alpha value is -2.11. The van der Waals surface area contributed by atoms with Gasteiger partial charge in [0.05, 0.1) is 12.0 Å². The van der Waals surface area contributed by atoms with Crippen molar-refractivity contribution >= 4 is 17.3 Å². The Morgan fingerprint density at radius 1 is 1.62 bits per heavy atom. The van der Waals surface area contributed by atoms with Crippen LogP contribution in [-0.4, -0.2) is 24.0 Å². The van der Waals surface area contributed by atoms with Crippen LogP contribution in [0.3, 0.4) is 0 Å². The van der Waals surface area contributed by atoms with E-state index in [9.17, 15) is 14.9 Å². The maximum atomic E-state index is 11.3. The molecular weight excluding hydrogens is 212 g/mol. The molecule has 1 unspecified atom stereocenters. The minimum absolute atomic E-state index is 0.0334. The molecule has 0 aliphatic carbocycles. The molecule has 1 aliphatic heterocycles. The third kappa shape index (κ3) is 1.69. The van der Waals surface area contributed by atoms with Crippen molar-refractivity contribution in [3.63, 3.8) is 0 Å². The van der Waals surface area contributed by atoms with Crippen LogP contribution in [0.1, 0.15) is 5.56 Å². The second-order valence-corrected chi connectivity index (χ2v) is 3.52. The Kier molecular flexibility index (Phi) is 2.47. The van der Waals surface area contributed by atoms with E-state index in [-0.39, 0.29) is 11.7 Å². The molecule has 1 atom stereocenters. The summed E-state index contributed by atoms with van der Waals surface area (Å²) in [5.74, 6) is -0.362. The Morgan fingerprint density at radius 3 is 3.00 bits per heavy atom. The first-order valence-electron chi connectivity index (χ1n) is 4.73. The maximum Gasteiger partial charge on any atom is 0.328 e. The number of esters is 1. The van der Waals surface area contributed by atoms with Gasteiger partial charge >= 0.3 is 5.97 Å². The Bertz CT molecular complexity index is 458. The monoisotopic (exact) mass is 222 g/mol. The van der Waals surface area contributed by atoms with Crippen molar-refractivity contribution in [1.82, 2.24) is 0 Å². The van der Waals surface area contributed by atoms with Gasteiger partial charge in [0.15, 0.2) is 0 Å². The normalized spacial score (nSPS) is 17.4. The zero-order valence-corrected chi connectivity index (χ0v) is 8.60. The Balaban J connectivity index is 2.24. The summed E-state index contributed by atoms with van der Waals surface area (Å²) in [6.07, 6.45) is 0.420. The summed E-state index contributed by atoms with van der Waals surface area (Å²) in [7, 11) is 1.31. The highest BCUT2D eigenvalue weighted by Crippen LogP contribution is 2.29. The predicted molar refractivity (Wildman–Crippen MR) is 56.2 cm³/mol. The first kappa shape index (κ1) is 10.4. The fourth-order valence-corrected chi connectivity index (χ4v) is 1.75. The Morgan fingerprint density at radius 2 is 2.38 bits per heavy atom. The number of fused-ring (bicyclic) bond motifs is 1. The average Bonchev–Trinajstić information content (AvgIpc) is 2.70. The molecule has 6 heteroatoms. The molecule has 1 aliphatic rings. The lowest BCUT2D eigenvalue weighted by molar-refractivity contribution is -0.384. The van der Waals surface area contributed by atoms with E-state index in [4.69, 9.17) is 0 Å². The average molecular weight is 222 g/mol. The van der Waals surface area contributed by atoms with E-state index >= 15 is 0 Å². The zero-order valence-electron chi connectivity index (χ0n) is 8.60. The molecule has 6 nitrogen and oxygen atoms in total. The van der Waals surface area contributed by atoms with E-state index in [0.717, 1.165) is 11.3 Å². The molecule has 1 heterocycles. The van der Waals surface area contributed by atoms with E-state index in [1.54, 1.807) is 6.07 Å². The summed E-state index contributed by atoms with van der Waals surface area (Å²) < 4.78 is 4.61. The first-order valence-corrected chi connectivity index (χ1v) is 4.73. The van der Waals surface area contributed by atoms with E-state index < -0.39 is 11.0 Å². The van der Waals surface area contributed by atoms with Gasteiger partial charge in [-0.3, -0.25) is 10.1 Å². The van der Waals surface area contributed by atoms with Crippen molar-refractivity contribution in [1.29, 1.82) is 0 Å². The van der Waals surface area contributed by atoms with Crippen LogP contribution < -0.4 is 5.32 Å². The summed E-state index contributed by atoms with van der Waals surface area (Å²) >= 11 is 0. The van der Waals surface area contributed by atoms with Crippen molar-refractivity contribution in [2.45, 2.75) is 12.5 Å². The number of carbonyl (C=O) groups excluding carboxylic acids is 1. The molecular formula is C10H10N2O4. The molecule has 0 amide bonds. The topological polar surface area (TPSA) is 81.5 Å². The van der Waals surface area contributed by atoms with Crippen LogP contribution in [0.4, 0.5) is 11.4 Å². The lowest BCUT2D eigenvalue weighted by atomic mass is 10.1. The number of hydrogen-bond acceptors (Lipinski definition) is 5. The lowest BCUT2D eigenvalue weighted by Crippen LogP contribution is -2.27. The molecule has 1 aromatic rings. The van der Waals surface area contributed by atoms with Crippen LogP contribution in [0, 0.1) is 10.1 Å². The predicted octanol–water partition coefficient (Wildman–Crippen LogP) is 1.10. The second kappa shape index (κ2) is 3.80. The number of carbonyl (C=O) groups is 1. The number of nitro benzene ring substituents is 1. The molecule has 2 rings (SSSR count). The molecule has 0 fully saturated rings. The van der Waals surface area contributed by atoms with Gasteiger partial charge in [-0.25, -0.2) is 4.79 Å². The zero-order chi connectivity index (χ0) is 11.7. The van der Waals surface area contributed by atoms with Crippen molar-refractivity contribution in [2.75, 3.05) is 12.4 Å². The third-order valence-electron chi connectivity index (χ3n) is 2.54. The number of rotatable bonds is 2. The van der Waals surface area contributed by atoms with Crippen molar-refractivity contribution in [3.8, 4) is 0 Å². The molecule has 0 spiro atoms. The third-order valence-corrected chi connectivity index (χ3v) is 2.54. The summed E-state index contributed by atoms with van der Waals surface area (Å²) in [6, 6.07) is 4.05. The van der Waals surface area contributed by atoms with Gasteiger partial charge in [0.1, 0.15) is 6.04 Å². The molecule has 0 bridgehead atoms. The number of methoxy groups -OCH3 is 1. The van der Waals surface area contributed by atoms with E-state index in [1.807, 2.05) is 0 Å². The summed E-state index contributed by atoms with van der Waals surface area (Å²) in [4.78, 5) is 21.4. The molecule has 0 radical (unpaired) electrons. The molecule has 16 heavy (non-hydrogen) atoms. The van der Waals surface area contributed by atoms with Gasteiger partial charge < -0.3 is 10.1 Å². The van der Waals surface area contributed by atoms with E-state index in [2.05, 4.69) is 10.1 Å². The molecule has 0 saturated heterocycles. The van der Waals surface area contributed by atoms with Crippen LogP contribution in [0.15, 0.2) is 18.2 Å². The van der Waals surface area contributed by atoms with Crippen molar-refractivity contribution in [2.24, 2.45) is 0 Å². The molecule has 1 N–H and O–H groups in total. The Labute approximate surface area is 91.4 Å². The van der Waals surface area contributed by atoms with E-state index in [0.29, 0.717) is 6.42 Å². The summed E-state index contributed by atoms with van der Waals surface area (Å²) in [5, 5.41) is 13.5. The molecule has 84 valence electrons. The quantitative estimate of drug-likeness (QED) is 0.460. The standard InChI is InChI=1S/C10H10N2O4/c1-16-10(13)9-5-6-4-7(12(14)15)2-3-8(6)11-9/h2-4,9,11H,5H2,1H3. The molecule has 0 saturated carbocycles.